The fourth-order valence-corrected chi connectivity index (χ4v) is 4.05. The monoisotopic (exact) mass is 470 g/mol. The number of methoxy groups -OCH3 is 1. The highest BCUT2D eigenvalue weighted by molar-refractivity contribution is 5.97. The fourth-order valence-electron chi connectivity index (χ4n) is 4.05. The average molecular weight is 471 g/mol. The normalized spacial score (nSPS) is 14.3. The first kappa shape index (κ1) is 24.1. The van der Waals surface area contributed by atoms with E-state index in [2.05, 4.69) is 56.1 Å². The number of nitriles is 1. The molecule has 7 heteroatoms. The lowest BCUT2D eigenvalue weighted by atomic mass is 9.87. The van der Waals surface area contributed by atoms with Gasteiger partial charge in [0.05, 0.1) is 12.7 Å². The molecule has 3 aromatic rings. The number of hydrogen-bond acceptors (Lipinski definition) is 6. The number of benzene rings is 2. The molecular formula is C28H30N4O3. The number of rotatable bonds is 5. The molecule has 1 aliphatic heterocycles. The smallest absolute Gasteiger partial charge is 0.257 e. The van der Waals surface area contributed by atoms with Crippen molar-refractivity contribution in [2.24, 2.45) is 0 Å². The number of carbonyl (C=O) groups is 1. The van der Waals surface area contributed by atoms with Crippen molar-refractivity contribution in [1.29, 1.82) is 5.26 Å². The summed E-state index contributed by atoms with van der Waals surface area (Å²) in [4.78, 5) is 21.1. The molecule has 0 N–H and O–H groups in total. The predicted molar refractivity (Wildman–Crippen MR) is 136 cm³/mol. The molecule has 2 heterocycles. The SMILES string of the molecule is COc1ccccc1C(=O)N1CCN(c2oc(/C=C/c3ccc(C(C)(C)C)cc3)nc2C#N)CC1. The second-order valence-corrected chi connectivity index (χ2v) is 9.50. The van der Waals surface area contributed by atoms with E-state index < -0.39 is 0 Å². The highest BCUT2D eigenvalue weighted by atomic mass is 16.5. The van der Waals surface area contributed by atoms with Crippen LogP contribution in [-0.2, 0) is 5.41 Å². The zero-order valence-corrected chi connectivity index (χ0v) is 20.6. The van der Waals surface area contributed by atoms with Crippen molar-refractivity contribution >= 4 is 23.9 Å². The third-order valence-electron chi connectivity index (χ3n) is 6.12. The van der Waals surface area contributed by atoms with Crippen molar-refractivity contribution in [2.45, 2.75) is 26.2 Å². The molecule has 4 rings (SSSR count). The minimum Gasteiger partial charge on any atom is -0.496 e. The van der Waals surface area contributed by atoms with Crippen molar-refractivity contribution in [3.8, 4) is 11.8 Å². The highest BCUT2D eigenvalue weighted by Gasteiger charge is 2.27. The molecule has 7 nitrogen and oxygen atoms in total. The van der Waals surface area contributed by atoms with Gasteiger partial charge in [-0.1, -0.05) is 57.2 Å². The largest absolute Gasteiger partial charge is 0.496 e. The summed E-state index contributed by atoms with van der Waals surface area (Å²) in [5.74, 6) is 1.32. The summed E-state index contributed by atoms with van der Waals surface area (Å²) in [6.07, 6.45) is 3.70. The number of hydrogen-bond donors (Lipinski definition) is 0. The molecule has 1 saturated heterocycles. The minimum absolute atomic E-state index is 0.0683. The molecule has 2 aromatic carbocycles. The molecule has 1 amide bonds. The standard InChI is InChI=1S/C28H30N4O3/c1-28(2,3)21-12-9-20(10-13-21)11-14-25-30-23(19-29)27(35-25)32-17-15-31(16-18-32)26(33)22-7-5-6-8-24(22)34-4/h5-14H,15-18H2,1-4H3/b14-11+. The van der Waals surface area contributed by atoms with Gasteiger partial charge >= 0.3 is 0 Å². The van der Waals surface area contributed by atoms with E-state index in [0.717, 1.165) is 5.56 Å². The van der Waals surface area contributed by atoms with Crippen molar-refractivity contribution in [2.75, 3.05) is 38.2 Å². The quantitative estimate of drug-likeness (QED) is 0.523. The molecule has 0 spiro atoms. The molecule has 0 aliphatic carbocycles. The van der Waals surface area contributed by atoms with Crippen molar-refractivity contribution in [3.05, 3.63) is 76.8 Å². The Hall–Kier alpha value is -4.05. The van der Waals surface area contributed by atoms with Gasteiger partial charge in [0.1, 0.15) is 11.8 Å². The van der Waals surface area contributed by atoms with Crippen molar-refractivity contribution in [1.82, 2.24) is 9.88 Å². The Morgan fingerprint density at radius 3 is 2.37 bits per heavy atom. The maximum atomic E-state index is 13.0. The van der Waals surface area contributed by atoms with Crippen LogP contribution in [0.4, 0.5) is 5.88 Å². The number of nitrogens with zero attached hydrogens (tertiary/aromatic N) is 4. The Balaban J connectivity index is 1.43. The van der Waals surface area contributed by atoms with Crippen molar-refractivity contribution < 1.29 is 13.9 Å². The van der Waals surface area contributed by atoms with E-state index in [4.69, 9.17) is 9.15 Å². The van der Waals surface area contributed by atoms with Crippen LogP contribution in [0.25, 0.3) is 12.2 Å². The Morgan fingerprint density at radius 2 is 1.74 bits per heavy atom. The molecule has 0 bridgehead atoms. The zero-order chi connectivity index (χ0) is 25.0. The fraction of sp³-hybridized carbons (Fsp3) is 0.321. The number of anilines is 1. The van der Waals surface area contributed by atoms with Gasteiger partial charge in [-0.3, -0.25) is 4.79 Å². The van der Waals surface area contributed by atoms with Crippen LogP contribution >= 0.6 is 0 Å². The summed E-state index contributed by atoms with van der Waals surface area (Å²) in [5, 5.41) is 9.60. The van der Waals surface area contributed by atoms with E-state index in [1.807, 2.05) is 23.1 Å². The Labute approximate surface area is 206 Å². The summed E-state index contributed by atoms with van der Waals surface area (Å²) in [7, 11) is 1.56. The average Bonchev–Trinajstić information content (AvgIpc) is 3.30. The number of oxazole rings is 1. The number of para-hydroxylation sites is 1. The maximum Gasteiger partial charge on any atom is 0.257 e. The minimum atomic E-state index is -0.0683. The summed E-state index contributed by atoms with van der Waals surface area (Å²) in [6, 6.07) is 17.7. The van der Waals surface area contributed by atoms with Gasteiger partial charge in [-0.15, -0.1) is 0 Å². The molecule has 0 unspecified atom stereocenters. The number of aromatic nitrogens is 1. The summed E-state index contributed by atoms with van der Waals surface area (Å²) in [6.45, 7) is 8.66. The first-order valence-corrected chi connectivity index (χ1v) is 11.7. The van der Waals surface area contributed by atoms with Gasteiger partial charge in [-0.25, -0.2) is 0 Å². The van der Waals surface area contributed by atoms with Crippen molar-refractivity contribution in [3.63, 3.8) is 0 Å². The highest BCUT2D eigenvalue weighted by Crippen LogP contribution is 2.26. The molecule has 0 atom stereocenters. The number of carbonyl (C=O) groups excluding carboxylic acids is 1. The topological polar surface area (TPSA) is 82.6 Å². The Kier molecular flexibility index (Phi) is 6.92. The van der Waals surface area contributed by atoms with E-state index in [1.165, 1.54) is 5.56 Å². The van der Waals surface area contributed by atoms with E-state index in [-0.39, 0.29) is 17.0 Å². The molecule has 1 aliphatic rings. The van der Waals surface area contributed by atoms with Gasteiger partial charge in [-0.2, -0.15) is 10.2 Å². The van der Waals surface area contributed by atoms with E-state index >= 15 is 0 Å². The van der Waals surface area contributed by atoms with E-state index in [1.54, 1.807) is 30.2 Å². The van der Waals surface area contributed by atoms with Gasteiger partial charge < -0.3 is 19.0 Å². The molecule has 35 heavy (non-hydrogen) atoms. The second kappa shape index (κ2) is 10.1. The number of ether oxygens (including phenoxy) is 1. The lowest BCUT2D eigenvalue weighted by Gasteiger charge is -2.34. The molecule has 180 valence electrons. The molecule has 1 fully saturated rings. The third kappa shape index (κ3) is 5.38. The van der Waals surface area contributed by atoms with Gasteiger partial charge in [0, 0.05) is 32.3 Å². The van der Waals surface area contributed by atoms with Crippen LogP contribution in [0.5, 0.6) is 5.75 Å². The maximum absolute atomic E-state index is 13.0. The van der Waals surface area contributed by atoms with Crippen LogP contribution in [0.2, 0.25) is 0 Å². The Bertz CT molecular complexity index is 1250. The van der Waals surface area contributed by atoms with Gasteiger partial charge in [0.25, 0.3) is 5.91 Å². The lowest BCUT2D eigenvalue weighted by Crippen LogP contribution is -2.49. The van der Waals surface area contributed by atoms with Crippen LogP contribution in [0.3, 0.4) is 0 Å². The van der Waals surface area contributed by atoms with Gasteiger partial charge in [-0.05, 0) is 34.8 Å². The van der Waals surface area contributed by atoms with E-state index in [0.29, 0.717) is 49.3 Å². The molecule has 0 radical (unpaired) electrons. The van der Waals surface area contributed by atoms with Crippen LogP contribution in [0.1, 0.15) is 53.8 Å². The van der Waals surface area contributed by atoms with Crippen LogP contribution < -0.4 is 9.64 Å². The van der Waals surface area contributed by atoms with Gasteiger partial charge in [0.2, 0.25) is 17.5 Å². The molecular weight excluding hydrogens is 440 g/mol. The summed E-state index contributed by atoms with van der Waals surface area (Å²) >= 11 is 0. The third-order valence-corrected chi connectivity index (χ3v) is 6.12. The van der Waals surface area contributed by atoms with E-state index in [9.17, 15) is 10.1 Å². The first-order valence-electron chi connectivity index (χ1n) is 11.7. The second-order valence-electron chi connectivity index (χ2n) is 9.50. The summed E-state index contributed by atoms with van der Waals surface area (Å²) in [5.41, 5.74) is 3.19. The predicted octanol–water partition coefficient (Wildman–Crippen LogP) is 4.99. The zero-order valence-electron chi connectivity index (χ0n) is 20.6. The lowest BCUT2D eigenvalue weighted by molar-refractivity contribution is 0.0742. The molecule has 1 aromatic heterocycles. The van der Waals surface area contributed by atoms with Crippen LogP contribution in [0.15, 0.2) is 52.9 Å². The number of amides is 1. The first-order chi connectivity index (χ1) is 16.8. The summed E-state index contributed by atoms with van der Waals surface area (Å²) < 4.78 is 11.3. The van der Waals surface area contributed by atoms with Crippen LogP contribution in [-0.4, -0.2) is 49.1 Å². The molecule has 0 saturated carbocycles. The van der Waals surface area contributed by atoms with Gasteiger partial charge in [0.15, 0.2) is 0 Å². The van der Waals surface area contributed by atoms with Crippen LogP contribution in [0, 0.1) is 11.3 Å². The number of piperazine rings is 1. The Morgan fingerprint density at radius 1 is 1.06 bits per heavy atom.